The highest BCUT2D eigenvalue weighted by Gasteiger charge is 2.10. The molecule has 1 aromatic heterocycles. The lowest BCUT2D eigenvalue weighted by molar-refractivity contribution is -0.00000591. The van der Waals surface area contributed by atoms with Crippen molar-refractivity contribution in [3.05, 3.63) is 54.1 Å². The van der Waals surface area contributed by atoms with Crippen molar-refractivity contribution in [3.8, 4) is 17.2 Å². The van der Waals surface area contributed by atoms with Crippen LogP contribution in [-0.4, -0.2) is 46.7 Å². The molecule has 27 heavy (non-hydrogen) atoms. The molecule has 1 heterocycles. The Morgan fingerprint density at radius 3 is 2.59 bits per heavy atom. The lowest BCUT2D eigenvalue weighted by atomic mass is 10.2. The molecule has 7 nitrogen and oxygen atoms in total. The first-order chi connectivity index (χ1) is 12.8. The Morgan fingerprint density at radius 1 is 1.04 bits per heavy atom. The highest BCUT2D eigenvalue weighted by molar-refractivity contribution is 7.99. The monoisotopic (exact) mass is 406 g/mol. The van der Waals surface area contributed by atoms with Crippen LogP contribution in [0, 0.1) is 0 Å². The number of methoxy groups -OCH3 is 2. The van der Waals surface area contributed by atoms with E-state index in [0.29, 0.717) is 6.54 Å². The van der Waals surface area contributed by atoms with E-state index in [1.54, 1.807) is 30.7 Å². The number of halogens is 1. The molecule has 0 bridgehead atoms. The Hall–Kier alpha value is -2.29. The molecule has 0 saturated carbocycles. The summed E-state index contributed by atoms with van der Waals surface area (Å²) < 4.78 is 12.5. The number of benzene rings is 2. The van der Waals surface area contributed by atoms with Crippen LogP contribution in [0.3, 0.4) is 0 Å². The maximum Gasteiger partial charge on any atom is 0.214 e. The second-order valence-corrected chi connectivity index (χ2v) is 6.45. The highest BCUT2D eigenvalue weighted by atomic mass is 35.5. The highest BCUT2D eigenvalue weighted by Crippen LogP contribution is 2.30. The van der Waals surface area contributed by atoms with Gasteiger partial charge in [0, 0.05) is 24.4 Å². The number of tetrazole rings is 1. The lowest BCUT2D eigenvalue weighted by Crippen LogP contribution is -3.00. The largest absolute Gasteiger partial charge is 1.00 e. The van der Waals surface area contributed by atoms with Crippen LogP contribution < -0.4 is 27.2 Å². The summed E-state index contributed by atoms with van der Waals surface area (Å²) in [6.07, 6.45) is 0. The Balaban J connectivity index is 0.00000261. The minimum Gasteiger partial charge on any atom is -1.00 e. The molecule has 0 radical (unpaired) electrons. The van der Waals surface area contributed by atoms with Gasteiger partial charge in [-0.05, 0) is 28.6 Å². The van der Waals surface area contributed by atoms with Crippen molar-refractivity contribution in [2.24, 2.45) is 0 Å². The van der Waals surface area contributed by atoms with Gasteiger partial charge in [-0.15, -0.1) is 5.10 Å². The number of nitrogens with one attached hydrogen (secondary N) is 1. The number of thioether (sulfide) groups is 1. The van der Waals surface area contributed by atoms with Gasteiger partial charge in [0.05, 0.1) is 19.9 Å². The zero-order valence-corrected chi connectivity index (χ0v) is 16.7. The normalized spacial score (nSPS) is 10.3. The first kappa shape index (κ1) is 21.0. The van der Waals surface area contributed by atoms with Crippen molar-refractivity contribution < 1.29 is 21.9 Å². The van der Waals surface area contributed by atoms with Crippen LogP contribution in [0.1, 0.15) is 5.56 Å². The van der Waals surface area contributed by atoms with Gasteiger partial charge in [-0.1, -0.05) is 42.1 Å². The van der Waals surface area contributed by atoms with Gasteiger partial charge in [0.25, 0.3) is 0 Å². The molecule has 0 aliphatic rings. The van der Waals surface area contributed by atoms with Crippen LogP contribution in [0.5, 0.6) is 11.5 Å². The third kappa shape index (κ3) is 5.35. The first-order valence-electron chi connectivity index (χ1n) is 8.20. The predicted molar refractivity (Wildman–Crippen MR) is 101 cm³/mol. The van der Waals surface area contributed by atoms with E-state index in [1.807, 2.05) is 48.5 Å². The number of ether oxygens (including phenoxy) is 2. The summed E-state index contributed by atoms with van der Waals surface area (Å²) in [6, 6.07) is 15.7. The summed E-state index contributed by atoms with van der Waals surface area (Å²) in [5.41, 5.74) is 2.01. The molecule has 0 spiro atoms. The first-order valence-corrected chi connectivity index (χ1v) is 9.19. The molecule has 0 amide bonds. The molecule has 0 aliphatic heterocycles. The standard InChI is InChI=1S/C18H21N5O2S.ClH/c1-24-16-10-6-7-14(17(16)25-2)13-19-11-12-26-18-20-21-22-23(18)15-8-4-3-5-9-15;/h3-10,19H,11-13H2,1-2H3;1H/p-1. The van der Waals surface area contributed by atoms with Gasteiger partial charge in [-0.2, -0.15) is 4.68 Å². The zero-order chi connectivity index (χ0) is 18.2. The van der Waals surface area contributed by atoms with Crippen molar-refractivity contribution in [1.29, 1.82) is 0 Å². The molecule has 0 unspecified atom stereocenters. The third-order valence-corrected chi connectivity index (χ3v) is 4.67. The number of hydrogen-bond acceptors (Lipinski definition) is 7. The number of nitrogens with zero attached hydrogens (tertiary/aromatic N) is 4. The number of aromatic nitrogens is 4. The van der Waals surface area contributed by atoms with Crippen LogP contribution >= 0.6 is 11.8 Å². The molecule has 3 rings (SSSR count). The minimum absolute atomic E-state index is 0. The van der Waals surface area contributed by atoms with E-state index in [0.717, 1.165) is 40.2 Å². The van der Waals surface area contributed by atoms with E-state index in [9.17, 15) is 0 Å². The quantitative estimate of drug-likeness (QED) is 0.381. The second-order valence-electron chi connectivity index (χ2n) is 5.39. The second kappa shape index (κ2) is 10.8. The topological polar surface area (TPSA) is 74.1 Å². The Kier molecular flexibility index (Phi) is 8.38. The maximum atomic E-state index is 5.45. The van der Waals surface area contributed by atoms with Gasteiger partial charge in [0.1, 0.15) is 0 Å². The van der Waals surface area contributed by atoms with E-state index in [-0.39, 0.29) is 12.4 Å². The fraction of sp³-hybridized carbons (Fsp3) is 0.278. The van der Waals surface area contributed by atoms with Crippen molar-refractivity contribution in [3.63, 3.8) is 0 Å². The van der Waals surface area contributed by atoms with Crippen LogP contribution in [0.25, 0.3) is 5.69 Å². The summed E-state index contributed by atoms with van der Waals surface area (Å²) in [5.74, 6) is 2.35. The van der Waals surface area contributed by atoms with Gasteiger partial charge < -0.3 is 27.2 Å². The summed E-state index contributed by atoms with van der Waals surface area (Å²) in [6.45, 7) is 1.51. The van der Waals surface area contributed by atoms with E-state index in [1.165, 1.54) is 0 Å². The number of para-hydroxylation sites is 2. The average Bonchev–Trinajstić information content (AvgIpc) is 3.16. The van der Waals surface area contributed by atoms with Crippen molar-refractivity contribution in [2.45, 2.75) is 11.7 Å². The van der Waals surface area contributed by atoms with E-state index >= 15 is 0 Å². The SMILES string of the molecule is COc1cccc(CNCCSc2nnnn2-c2ccccc2)c1OC.[Cl-]. The molecule has 144 valence electrons. The summed E-state index contributed by atoms with van der Waals surface area (Å²) in [5, 5.41) is 16.1. The third-order valence-electron chi connectivity index (χ3n) is 3.75. The number of rotatable bonds is 9. The van der Waals surface area contributed by atoms with Crippen molar-refractivity contribution >= 4 is 11.8 Å². The molecule has 0 fully saturated rings. The fourth-order valence-electron chi connectivity index (χ4n) is 2.53. The number of hydrogen-bond donors (Lipinski definition) is 1. The van der Waals surface area contributed by atoms with Gasteiger partial charge >= 0.3 is 0 Å². The van der Waals surface area contributed by atoms with E-state index in [2.05, 4.69) is 20.8 Å². The van der Waals surface area contributed by atoms with Gasteiger partial charge in [0.2, 0.25) is 5.16 Å². The fourth-order valence-corrected chi connectivity index (χ4v) is 3.32. The lowest BCUT2D eigenvalue weighted by Gasteiger charge is -2.13. The molecular weight excluding hydrogens is 386 g/mol. The van der Waals surface area contributed by atoms with Crippen LogP contribution in [0.15, 0.2) is 53.7 Å². The van der Waals surface area contributed by atoms with Crippen LogP contribution in [-0.2, 0) is 6.54 Å². The Bertz CT molecular complexity index is 832. The van der Waals surface area contributed by atoms with E-state index in [4.69, 9.17) is 9.47 Å². The molecule has 3 aromatic rings. The maximum absolute atomic E-state index is 5.45. The summed E-state index contributed by atoms with van der Waals surface area (Å²) >= 11 is 1.61. The summed E-state index contributed by atoms with van der Waals surface area (Å²) in [7, 11) is 3.29. The van der Waals surface area contributed by atoms with Crippen LogP contribution in [0.4, 0.5) is 0 Å². The average molecular weight is 407 g/mol. The molecular formula is C18H21ClN5O2S-. The van der Waals surface area contributed by atoms with Crippen molar-refractivity contribution in [1.82, 2.24) is 25.5 Å². The van der Waals surface area contributed by atoms with Gasteiger partial charge in [-0.3, -0.25) is 0 Å². The molecule has 9 heteroatoms. The smallest absolute Gasteiger partial charge is 0.214 e. The summed E-state index contributed by atoms with van der Waals surface area (Å²) in [4.78, 5) is 0. The Labute approximate surface area is 168 Å². The Morgan fingerprint density at radius 2 is 1.85 bits per heavy atom. The van der Waals surface area contributed by atoms with Gasteiger partial charge in [-0.25, -0.2) is 0 Å². The minimum atomic E-state index is 0. The molecule has 1 N–H and O–H groups in total. The molecule has 2 aromatic carbocycles. The van der Waals surface area contributed by atoms with Gasteiger partial charge in [0.15, 0.2) is 11.5 Å². The van der Waals surface area contributed by atoms with E-state index < -0.39 is 0 Å². The molecule has 0 atom stereocenters. The van der Waals surface area contributed by atoms with Crippen molar-refractivity contribution in [2.75, 3.05) is 26.5 Å². The predicted octanol–water partition coefficient (Wildman–Crippen LogP) is -0.435. The molecule has 0 saturated heterocycles. The molecule has 0 aliphatic carbocycles. The van der Waals surface area contributed by atoms with Crippen LogP contribution in [0.2, 0.25) is 0 Å². The zero-order valence-electron chi connectivity index (χ0n) is 15.1.